The molecule has 0 spiro atoms. The molecule has 0 aliphatic heterocycles. The molecule has 27 heavy (non-hydrogen) atoms. The first kappa shape index (κ1) is 21.1. The van der Waals surface area contributed by atoms with Crippen molar-refractivity contribution in [3.63, 3.8) is 0 Å². The predicted octanol–water partition coefficient (Wildman–Crippen LogP) is 4.02. The van der Waals surface area contributed by atoms with E-state index in [1.165, 1.54) is 0 Å². The number of hydrogen-bond acceptors (Lipinski definition) is 4. The summed E-state index contributed by atoms with van der Waals surface area (Å²) in [5.74, 6) is 0.185. The zero-order chi connectivity index (χ0) is 20.2. The van der Waals surface area contributed by atoms with Crippen LogP contribution in [0.1, 0.15) is 39.7 Å². The lowest BCUT2D eigenvalue weighted by Gasteiger charge is -2.18. The third-order valence-corrected chi connectivity index (χ3v) is 5.58. The molecule has 0 fully saturated rings. The van der Waals surface area contributed by atoms with Gasteiger partial charge in [0.15, 0.2) is 0 Å². The quantitative estimate of drug-likeness (QED) is 0.772. The molecule has 0 unspecified atom stereocenters. The summed E-state index contributed by atoms with van der Waals surface area (Å²) in [6.45, 7) is 9.36. The van der Waals surface area contributed by atoms with Gasteiger partial charge in [-0.25, -0.2) is 13.1 Å². The van der Waals surface area contributed by atoms with Gasteiger partial charge in [0, 0.05) is 6.54 Å². The van der Waals surface area contributed by atoms with E-state index in [0.29, 0.717) is 12.2 Å². The molecule has 1 N–H and O–H groups in total. The average Bonchev–Trinajstić information content (AvgIpc) is 2.75. The number of allylic oxidation sites excluding steroid dienone is 4. The van der Waals surface area contributed by atoms with Crippen LogP contribution in [0.15, 0.2) is 64.3 Å². The lowest BCUT2D eigenvalue weighted by atomic mass is 9.97. The Kier molecular flexibility index (Phi) is 6.44. The van der Waals surface area contributed by atoms with Gasteiger partial charge in [0.1, 0.15) is 5.76 Å². The molecule has 6 heteroatoms. The minimum absolute atomic E-state index is 0.191. The summed E-state index contributed by atoms with van der Waals surface area (Å²) in [7, 11) is -3.57. The van der Waals surface area contributed by atoms with Crippen LogP contribution < -0.4 is 4.72 Å². The van der Waals surface area contributed by atoms with Crippen LogP contribution in [0.25, 0.3) is 0 Å². The largest absolute Gasteiger partial charge is 0.426 e. The molecular weight excluding hydrogens is 362 g/mol. The number of sulfonamides is 1. The fourth-order valence-electron chi connectivity index (χ4n) is 2.26. The van der Waals surface area contributed by atoms with E-state index in [0.717, 1.165) is 16.7 Å². The topological polar surface area (TPSA) is 72.5 Å². The van der Waals surface area contributed by atoms with Crippen molar-refractivity contribution in [2.75, 3.05) is 6.54 Å². The third-order valence-electron chi connectivity index (χ3n) is 4.17. The summed E-state index contributed by atoms with van der Waals surface area (Å²) >= 11 is 0. The molecule has 0 radical (unpaired) electrons. The number of benzene rings is 1. The molecule has 146 valence electrons. The molecule has 0 heterocycles. The van der Waals surface area contributed by atoms with E-state index in [1.807, 2.05) is 19.9 Å². The number of carbonyl (C=O) groups is 1. The Bertz CT molecular complexity index is 898. The number of carbonyl (C=O) groups excluding carboxylic acids is 1. The molecule has 0 amide bonds. The Morgan fingerprint density at radius 1 is 1.11 bits per heavy atom. The molecule has 0 aromatic heterocycles. The first-order chi connectivity index (χ1) is 12.5. The van der Waals surface area contributed by atoms with Gasteiger partial charge in [-0.15, -0.1) is 0 Å². The van der Waals surface area contributed by atoms with Crippen molar-refractivity contribution in [2.24, 2.45) is 5.41 Å². The van der Waals surface area contributed by atoms with Crippen LogP contribution in [-0.4, -0.2) is 20.9 Å². The van der Waals surface area contributed by atoms with Gasteiger partial charge in [0.05, 0.1) is 10.3 Å². The van der Waals surface area contributed by atoms with Crippen molar-refractivity contribution in [2.45, 2.75) is 45.9 Å². The van der Waals surface area contributed by atoms with Gasteiger partial charge in [-0.3, -0.25) is 4.79 Å². The zero-order valence-corrected chi connectivity index (χ0v) is 17.3. The minimum atomic E-state index is -3.57. The highest BCUT2D eigenvalue weighted by atomic mass is 32.2. The predicted molar refractivity (Wildman–Crippen MR) is 106 cm³/mol. The molecule has 5 nitrogen and oxygen atoms in total. The normalized spacial score (nSPS) is 15.4. The van der Waals surface area contributed by atoms with Crippen LogP contribution >= 0.6 is 0 Å². The maximum Gasteiger partial charge on any atom is 0.316 e. The molecule has 1 aliphatic rings. The fraction of sp³-hybridized carbons (Fsp3) is 0.381. The summed E-state index contributed by atoms with van der Waals surface area (Å²) < 4.78 is 33.0. The van der Waals surface area contributed by atoms with Crippen molar-refractivity contribution < 1.29 is 17.9 Å². The van der Waals surface area contributed by atoms with Gasteiger partial charge in [-0.1, -0.05) is 35.4 Å². The van der Waals surface area contributed by atoms with Gasteiger partial charge < -0.3 is 4.74 Å². The summed E-state index contributed by atoms with van der Waals surface area (Å²) in [5, 5.41) is 0. The fourth-order valence-corrected chi connectivity index (χ4v) is 3.30. The number of rotatable bonds is 5. The highest BCUT2D eigenvalue weighted by Crippen LogP contribution is 2.24. The SMILES string of the molecule is CC1=CCC(CNS(=O)(=O)c2ccc(C)cc2)=CC=C1OC(=O)C(C)(C)C. The van der Waals surface area contributed by atoms with Gasteiger partial charge in [0.25, 0.3) is 0 Å². The van der Waals surface area contributed by atoms with Crippen LogP contribution in [0.5, 0.6) is 0 Å². The van der Waals surface area contributed by atoms with Gasteiger partial charge in [-0.05, 0) is 64.8 Å². The summed E-state index contributed by atoms with van der Waals surface area (Å²) in [6.07, 6.45) is 6.03. The van der Waals surface area contributed by atoms with Crippen LogP contribution in [0, 0.1) is 12.3 Å². The van der Waals surface area contributed by atoms with E-state index >= 15 is 0 Å². The van der Waals surface area contributed by atoms with E-state index in [2.05, 4.69) is 4.72 Å². The van der Waals surface area contributed by atoms with Gasteiger partial charge in [0.2, 0.25) is 10.0 Å². The zero-order valence-electron chi connectivity index (χ0n) is 16.5. The monoisotopic (exact) mass is 389 g/mol. The maximum atomic E-state index is 12.4. The van der Waals surface area contributed by atoms with Crippen molar-refractivity contribution in [1.82, 2.24) is 4.72 Å². The number of nitrogens with one attached hydrogen (secondary N) is 1. The van der Waals surface area contributed by atoms with E-state index in [9.17, 15) is 13.2 Å². The van der Waals surface area contributed by atoms with E-state index in [-0.39, 0.29) is 17.4 Å². The first-order valence-corrected chi connectivity index (χ1v) is 10.3. The van der Waals surface area contributed by atoms with Crippen LogP contribution in [0.4, 0.5) is 0 Å². The van der Waals surface area contributed by atoms with E-state index in [1.54, 1.807) is 57.2 Å². The summed E-state index contributed by atoms with van der Waals surface area (Å²) in [5.41, 5.74) is 2.14. The Hall–Kier alpha value is -2.18. The van der Waals surface area contributed by atoms with Crippen molar-refractivity contribution in [3.8, 4) is 0 Å². The van der Waals surface area contributed by atoms with E-state index in [4.69, 9.17) is 4.74 Å². The molecule has 0 saturated carbocycles. The maximum absolute atomic E-state index is 12.4. The highest BCUT2D eigenvalue weighted by molar-refractivity contribution is 7.89. The number of ether oxygens (including phenoxy) is 1. The molecule has 2 rings (SSSR count). The second-order valence-electron chi connectivity index (χ2n) is 7.72. The third kappa shape index (κ3) is 5.91. The van der Waals surface area contributed by atoms with E-state index < -0.39 is 15.4 Å². The second kappa shape index (κ2) is 8.23. The van der Waals surface area contributed by atoms with Crippen molar-refractivity contribution in [3.05, 3.63) is 65.0 Å². The molecule has 0 saturated heterocycles. The lowest BCUT2D eigenvalue weighted by Crippen LogP contribution is -2.25. The average molecular weight is 390 g/mol. The minimum Gasteiger partial charge on any atom is -0.426 e. The Morgan fingerprint density at radius 3 is 2.33 bits per heavy atom. The van der Waals surface area contributed by atoms with Gasteiger partial charge in [-0.2, -0.15) is 0 Å². The second-order valence-corrected chi connectivity index (χ2v) is 9.49. The Morgan fingerprint density at radius 2 is 1.74 bits per heavy atom. The molecule has 1 aromatic carbocycles. The number of hydrogen-bond donors (Lipinski definition) is 1. The van der Waals surface area contributed by atoms with Crippen LogP contribution in [-0.2, 0) is 19.6 Å². The van der Waals surface area contributed by atoms with Crippen molar-refractivity contribution in [1.29, 1.82) is 0 Å². The summed E-state index contributed by atoms with van der Waals surface area (Å²) in [4.78, 5) is 12.3. The molecule has 1 aliphatic carbocycles. The van der Waals surface area contributed by atoms with Crippen molar-refractivity contribution >= 4 is 16.0 Å². The first-order valence-electron chi connectivity index (χ1n) is 8.84. The van der Waals surface area contributed by atoms with Gasteiger partial charge >= 0.3 is 5.97 Å². The molecule has 1 aromatic rings. The molecule has 0 bridgehead atoms. The lowest BCUT2D eigenvalue weighted by molar-refractivity contribution is -0.148. The van der Waals surface area contributed by atoms with Crippen LogP contribution in [0.2, 0.25) is 0 Å². The number of aryl methyl sites for hydroxylation is 1. The smallest absolute Gasteiger partial charge is 0.316 e. The Labute approximate surface area is 161 Å². The standard InChI is InChI=1S/C21H27NO4S/c1-15-6-11-18(12-7-15)27(24,25)22-14-17-9-8-16(2)19(13-10-17)26-20(23)21(3,4)5/h6-8,10-13,22H,9,14H2,1-5H3. The molecule has 0 atom stereocenters. The summed E-state index contributed by atoms with van der Waals surface area (Å²) in [6, 6.07) is 6.72. The number of esters is 1. The molecular formula is C21H27NO4S. The Balaban J connectivity index is 2.09. The highest BCUT2D eigenvalue weighted by Gasteiger charge is 2.25. The van der Waals surface area contributed by atoms with Crippen LogP contribution in [0.3, 0.4) is 0 Å².